The summed E-state index contributed by atoms with van der Waals surface area (Å²) in [6.07, 6.45) is 1.37. The molecule has 29 heavy (non-hydrogen) atoms. The predicted molar refractivity (Wildman–Crippen MR) is 101 cm³/mol. The Morgan fingerprint density at radius 3 is 2.48 bits per heavy atom. The quantitative estimate of drug-likeness (QED) is 0.317. The van der Waals surface area contributed by atoms with Crippen LogP contribution in [-0.2, 0) is 19.1 Å². The fourth-order valence-electron chi connectivity index (χ4n) is 2.21. The van der Waals surface area contributed by atoms with Crippen LogP contribution in [0.3, 0.4) is 0 Å². The average Bonchev–Trinajstić information content (AvgIpc) is 2.67. The average molecular weight is 401 g/mol. The van der Waals surface area contributed by atoms with E-state index in [1.165, 1.54) is 13.0 Å². The highest BCUT2D eigenvalue weighted by molar-refractivity contribution is 6.00. The van der Waals surface area contributed by atoms with Crippen molar-refractivity contribution in [1.82, 2.24) is 5.32 Å². The number of carbonyl (C=O) groups is 3. The molecule has 2 rings (SSSR count). The third kappa shape index (κ3) is 6.54. The van der Waals surface area contributed by atoms with Gasteiger partial charge in [0.05, 0.1) is 11.0 Å². The number of nitrogens with zero attached hydrogens (tertiary/aromatic N) is 1. The lowest BCUT2D eigenvalue weighted by atomic mass is 10.2. The molecule has 10 heteroatoms. The van der Waals surface area contributed by atoms with Crippen LogP contribution >= 0.6 is 0 Å². The topological polar surface area (TPSA) is 128 Å². The van der Waals surface area contributed by atoms with Crippen LogP contribution in [0, 0.1) is 15.9 Å². The summed E-state index contributed by atoms with van der Waals surface area (Å²) < 4.78 is 18.0. The minimum atomic E-state index is -0.979. The SMILES string of the molecule is CC(=O)NC(=Cc1ccccc1)C(=O)OCC(=O)Nc1ccc(F)cc1[N+](=O)[O-]. The highest BCUT2D eigenvalue weighted by Crippen LogP contribution is 2.24. The number of hydrogen-bond donors (Lipinski definition) is 2. The van der Waals surface area contributed by atoms with Gasteiger partial charge in [0.15, 0.2) is 6.61 Å². The molecule has 0 aliphatic carbocycles. The lowest BCUT2D eigenvalue weighted by Crippen LogP contribution is -2.29. The molecule has 9 nitrogen and oxygen atoms in total. The second kappa shape index (κ2) is 9.74. The van der Waals surface area contributed by atoms with E-state index in [1.54, 1.807) is 30.3 Å². The number of amides is 2. The molecule has 0 heterocycles. The third-order valence-electron chi connectivity index (χ3n) is 3.41. The second-order valence-electron chi connectivity index (χ2n) is 5.69. The number of anilines is 1. The van der Waals surface area contributed by atoms with Crippen LogP contribution in [-0.4, -0.2) is 29.3 Å². The van der Waals surface area contributed by atoms with Gasteiger partial charge < -0.3 is 15.4 Å². The summed E-state index contributed by atoms with van der Waals surface area (Å²) in [4.78, 5) is 45.6. The van der Waals surface area contributed by atoms with Gasteiger partial charge in [-0.15, -0.1) is 0 Å². The smallest absolute Gasteiger partial charge is 0.355 e. The van der Waals surface area contributed by atoms with Gasteiger partial charge in [0, 0.05) is 6.92 Å². The minimum absolute atomic E-state index is 0.190. The zero-order valence-corrected chi connectivity index (χ0v) is 15.2. The van der Waals surface area contributed by atoms with E-state index >= 15 is 0 Å². The number of hydrogen-bond acceptors (Lipinski definition) is 6. The maximum absolute atomic E-state index is 13.1. The monoisotopic (exact) mass is 401 g/mol. The summed E-state index contributed by atoms with van der Waals surface area (Å²) in [5.74, 6) is -3.22. The molecule has 0 atom stereocenters. The van der Waals surface area contributed by atoms with Crippen LogP contribution in [0.4, 0.5) is 15.8 Å². The molecular weight excluding hydrogens is 385 g/mol. The Morgan fingerprint density at radius 1 is 1.17 bits per heavy atom. The molecule has 2 aromatic carbocycles. The van der Waals surface area contributed by atoms with Crippen LogP contribution in [0.25, 0.3) is 6.08 Å². The summed E-state index contributed by atoms with van der Waals surface area (Å²) in [7, 11) is 0. The van der Waals surface area contributed by atoms with Gasteiger partial charge >= 0.3 is 5.97 Å². The number of nitro benzene ring substituents is 1. The number of esters is 1. The number of nitrogens with one attached hydrogen (secondary N) is 2. The first-order valence-corrected chi connectivity index (χ1v) is 8.21. The highest BCUT2D eigenvalue weighted by atomic mass is 19.1. The normalized spacial score (nSPS) is 10.8. The van der Waals surface area contributed by atoms with E-state index in [0.717, 1.165) is 12.1 Å². The van der Waals surface area contributed by atoms with Crippen LogP contribution in [0.2, 0.25) is 0 Å². The van der Waals surface area contributed by atoms with Crippen molar-refractivity contribution >= 4 is 35.2 Å². The molecule has 0 aliphatic rings. The minimum Gasteiger partial charge on any atom is -0.451 e. The fraction of sp³-hybridized carbons (Fsp3) is 0.105. The Hall–Kier alpha value is -4.08. The summed E-state index contributed by atoms with van der Waals surface area (Å²) in [5, 5.41) is 15.4. The van der Waals surface area contributed by atoms with Crippen molar-refractivity contribution < 1.29 is 28.4 Å². The number of nitro groups is 1. The van der Waals surface area contributed by atoms with E-state index in [1.807, 2.05) is 0 Å². The van der Waals surface area contributed by atoms with Gasteiger partial charge in [0.25, 0.3) is 11.6 Å². The molecular formula is C19H16FN3O6. The number of benzene rings is 2. The first-order chi connectivity index (χ1) is 13.8. The maximum atomic E-state index is 13.1. The molecule has 0 saturated carbocycles. The number of carbonyl (C=O) groups excluding carboxylic acids is 3. The zero-order chi connectivity index (χ0) is 21.4. The zero-order valence-electron chi connectivity index (χ0n) is 15.2. The van der Waals surface area contributed by atoms with Crippen molar-refractivity contribution in [2.24, 2.45) is 0 Å². The van der Waals surface area contributed by atoms with Crippen molar-refractivity contribution in [1.29, 1.82) is 0 Å². The summed E-state index contributed by atoms with van der Waals surface area (Å²) in [6.45, 7) is 0.422. The summed E-state index contributed by atoms with van der Waals surface area (Å²) in [5.41, 5.74) is -0.476. The molecule has 0 aliphatic heterocycles. The fourth-order valence-corrected chi connectivity index (χ4v) is 2.21. The Kier molecular flexibility index (Phi) is 7.13. The largest absolute Gasteiger partial charge is 0.451 e. The molecule has 0 fully saturated rings. The van der Waals surface area contributed by atoms with Crippen molar-refractivity contribution in [3.8, 4) is 0 Å². The van der Waals surface area contributed by atoms with Gasteiger partial charge in [0.1, 0.15) is 17.2 Å². The van der Waals surface area contributed by atoms with Crippen LogP contribution in [0.1, 0.15) is 12.5 Å². The molecule has 0 spiro atoms. The Balaban J connectivity index is 2.06. The summed E-state index contributed by atoms with van der Waals surface area (Å²) in [6, 6.07) is 11.2. The van der Waals surface area contributed by atoms with E-state index in [0.29, 0.717) is 11.6 Å². The molecule has 2 N–H and O–H groups in total. The number of ether oxygens (including phenoxy) is 1. The maximum Gasteiger partial charge on any atom is 0.355 e. The van der Waals surface area contributed by atoms with E-state index in [2.05, 4.69) is 10.6 Å². The van der Waals surface area contributed by atoms with Crippen LogP contribution in [0.15, 0.2) is 54.2 Å². The first-order valence-electron chi connectivity index (χ1n) is 8.21. The lowest BCUT2D eigenvalue weighted by Gasteiger charge is -2.10. The van der Waals surface area contributed by atoms with E-state index in [4.69, 9.17) is 4.74 Å². The van der Waals surface area contributed by atoms with Gasteiger partial charge in [0.2, 0.25) is 5.91 Å². The van der Waals surface area contributed by atoms with Crippen molar-refractivity contribution in [2.75, 3.05) is 11.9 Å². The molecule has 0 saturated heterocycles. The number of halogens is 1. The summed E-state index contributed by atoms with van der Waals surface area (Å²) >= 11 is 0. The Labute approximate surface area is 164 Å². The van der Waals surface area contributed by atoms with Gasteiger partial charge in [-0.05, 0) is 23.8 Å². The third-order valence-corrected chi connectivity index (χ3v) is 3.41. The number of rotatable bonds is 7. The van der Waals surface area contributed by atoms with Crippen LogP contribution < -0.4 is 10.6 Å². The lowest BCUT2D eigenvalue weighted by molar-refractivity contribution is -0.384. The highest BCUT2D eigenvalue weighted by Gasteiger charge is 2.19. The van der Waals surface area contributed by atoms with E-state index < -0.39 is 40.8 Å². The first kappa shape index (κ1) is 21.2. The van der Waals surface area contributed by atoms with Gasteiger partial charge in [-0.2, -0.15) is 0 Å². The Morgan fingerprint density at radius 2 is 1.86 bits per heavy atom. The molecule has 0 bridgehead atoms. The molecule has 2 aromatic rings. The van der Waals surface area contributed by atoms with Crippen molar-refractivity contribution in [3.05, 3.63) is 75.7 Å². The van der Waals surface area contributed by atoms with Gasteiger partial charge in [-0.25, -0.2) is 9.18 Å². The van der Waals surface area contributed by atoms with E-state index in [9.17, 15) is 28.9 Å². The molecule has 0 unspecified atom stereocenters. The van der Waals surface area contributed by atoms with Crippen molar-refractivity contribution in [3.63, 3.8) is 0 Å². The molecule has 0 aromatic heterocycles. The van der Waals surface area contributed by atoms with Gasteiger partial charge in [-0.3, -0.25) is 19.7 Å². The second-order valence-corrected chi connectivity index (χ2v) is 5.69. The predicted octanol–water partition coefficient (Wildman–Crippen LogP) is 2.39. The molecule has 0 radical (unpaired) electrons. The molecule has 150 valence electrons. The standard InChI is InChI=1S/C19H16FN3O6/c1-12(24)21-16(9-13-5-3-2-4-6-13)19(26)29-11-18(25)22-15-8-7-14(20)10-17(15)23(27)28/h2-10H,11H2,1H3,(H,21,24)(H,22,25). The molecule has 2 amide bonds. The Bertz CT molecular complexity index is 975. The van der Waals surface area contributed by atoms with Crippen LogP contribution in [0.5, 0.6) is 0 Å². The van der Waals surface area contributed by atoms with Gasteiger partial charge in [-0.1, -0.05) is 30.3 Å². The van der Waals surface area contributed by atoms with E-state index in [-0.39, 0.29) is 11.4 Å². The van der Waals surface area contributed by atoms with Crippen molar-refractivity contribution in [2.45, 2.75) is 6.92 Å².